The normalized spacial score (nSPS) is 10.8. The van der Waals surface area contributed by atoms with Crippen molar-refractivity contribution >= 4 is 11.6 Å². The van der Waals surface area contributed by atoms with Crippen LogP contribution in [0.25, 0.3) is 0 Å². The van der Waals surface area contributed by atoms with Gasteiger partial charge in [0.25, 0.3) is 0 Å². The van der Waals surface area contributed by atoms with Crippen molar-refractivity contribution in [1.29, 1.82) is 0 Å². The molecule has 0 saturated carbocycles. The molecule has 0 unspecified atom stereocenters. The van der Waals surface area contributed by atoms with E-state index >= 15 is 0 Å². The van der Waals surface area contributed by atoms with Crippen molar-refractivity contribution in [2.24, 2.45) is 7.05 Å². The van der Waals surface area contributed by atoms with E-state index in [-0.39, 0.29) is 0 Å². The summed E-state index contributed by atoms with van der Waals surface area (Å²) in [5, 5.41) is 8.20. The Bertz CT molecular complexity index is 580. The maximum absolute atomic E-state index is 6.19. The van der Waals surface area contributed by atoms with Crippen molar-refractivity contribution in [2.45, 2.75) is 27.0 Å². The van der Waals surface area contributed by atoms with Crippen LogP contribution in [-0.4, -0.2) is 16.3 Å². The summed E-state index contributed by atoms with van der Waals surface area (Å²) in [6, 6.07) is 8.08. The standard InChI is InChI=1S/C15H20ClN3O/c1-4-17-9-12-6-5-7-13(8-12)20-10-14-11(2)18-19(3)15(14)16/h5-8,17H,4,9-10H2,1-3H3. The number of benzene rings is 1. The van der Waals surface area contributed by atoms with E-state index in [0.29, 0.717) is 11.8 Å². The van der Waals surface area contributed by atoms with E-state index < -0.39 is 0 Å². The van der Waals surface area contributed by atoms with Gasteiger partial charge in [-0.15, -0.1) is 0 Å². The third-order valence-corrected chi connectivity index (χ3v) is 3.60. The van der Waals surface area contributed by atoms with Crippen LogP contribution in [0.1, 0.15) is 23.7 Å². The molecule has 0 spiro atoms. The second-order valence-electron chi connectivity index (χ2n) is 4.69. The van der Waals surface area contributed by atoms with E-state index in [9.17, 15) is 0 Å². The number of hydrogen-bond donors (Lipinski definition) is 1. The molecule has 0 saturated heterocycles. The zero-order chi connectivity index (χ0) is 14.5. The first-order chi connectivity index (χ1) is 9.61. The van der Waals surface area contributed by atoms with Gasteiger partial charge in [-0.2, -0.15) is 5.10 Å². The molecule has 0 bridgehead atoms. The lowest BCUT2D eigenvalue weighted by atomic mass is 10.2. The quantitative estimate of drug-likeness (QED) is 0.890. The lowest BCUT2D eigenvalue weighted by molar-refractivity contribution is 0.305. The maximum atomic E-state index is 6.19. The first-order valence-corrected chi connectivity index (χ1v) is 7.10. The number of hydrogen-bond acceptors (Lipinski definition) is 3. The van der Waals surface area contributed by atoms with Crippen molar-refractivity contribution in [3.63, 3.8) is 0 Å². The van der Waals surface area contributed by atoms with Crippen LogP contribution in [0.2, 0.25) is 5.15 Å². The second kappa shape index (κ2) is 6.77. The van der Waals surface area contributed by atoms with Gasteiger partial charge in [0.15, 0.2) is 0 Å². The van der Waals surface area contributed by atoms with E-state index in [4.69, 9.17) is 16.3 Å². The molecule has 4 nitrogen and oxygen atoms in total. The molecular weight excluding hydrogens is 274 g/mol. The molecule has 0 fully saturated rings. The van der Waals surface area contributed by atoms with E-state index in [1.165, 1.54) is 5.56 Å². The van der Waals surface area contributed by atoms with Gasteiger partial charge in [-0.3, -0.25) is 4.68 Å². The van der Waals surface area contributed by atoms with Gasteiger partial charge >= 0.3 is 0 Å². The maximum Gasteiger partial charge on any atom is 0.133 e. The number of rotatable bonds is 6. The highest BCUT2D eigenvalue weighted by Gasteiger charge is 2.11. The predicted molar refractivity (Wildman–Crippen MR) is 81.1 cm³/mol. The molecule has 1 aromatic heterocycles. The highest BCUT2D eigenvalue weighted by molar-refractivity contribution is 6.30. The lowest BCUT2D eigenvalue weighted by Gasteiger charge is -2.08. The summed E-state index contributed by atoms with van der Waals surface area (Å²) in [6.45, 7) is 6.26. The Morgan fingerprint density at radius 2 is 2.20 bits per heavy atom. The number of nitrogens with one attached hydrogen (secondary N) is 1. The van der Waals surface area contributed by atoms with Gasteiger partial charge < -0.3 is 10.1 Å². The summed E-state index contributed by atoms with van der Waals surface area (Å²) in [5.74, 6) is 0.847. The average Bonchev–Trinajstić information content (AvgIpc) is 2.68. The van der Waals surface area contributed by atoms with Crippen molar-refractivity contribution in [3.8, 4) is 5.75 Å². The van der Waals surface area contributed by atoms with Crippen molar-refractivity contribution in [1.82, 2.24) is 15.1 Å². The zero-order valence-electron chi connectivity index (χ0n) is 12.1. The largest absolute Gasteiger partial charge is 0.489 e. The van der Waals surface area contributed by atoms with Gasteiger partial charge in [0.2, 0.25) is 0 Å². The lowest BCUT2D eigenvalue weighted by Crippen LogP contribution is -2.11. The van der Waals surface area contributed by atoms with Crippen molar-refractivity contribution in [3.05, 3.63) is 46.2 Å². The molecule has 0 aliphatic carbocycles. The van der Waals surface area contributed by atoms with Gasteiger partial charge in [0, 0.05) is 19.2 Å². The number of aryl methyl sites for hydroxylation is 2. The number of nitrogens with zero attached hydrogens (tertiary/aromatic N) is 2. The molecular formula is C15H20ClN3O. The highest BCUT2D eigenvalue weighted by atomic mass is 35.5. The summed E-state index contributed by atoms with van der Waals surface area (Å²) >= 11 is 6.19. The average molecular weight is 294 g/mol. The molecule has 20 heavy (non-hydrogen) atoms. The van der Waals surface area contributed by atoms with E-state index in [2.05, 4.69) is 23.4 Å². The molecule has 5 heteroatoms. The third-order valence-electron chi connectivity index (χ3n) is 3.13. The van der Waals surface area contributed by atoms with Crippen LogP contribution in [0.15, 0.2) is 24.3 Å². The monoisotopic (exact) mass is 293 g/mol. The fraction of sp³-hybridized carbons (Fsp3) is 0.400. The summed E-state index contributed by atoms with van der Waals surface area (Å²) in [4.78, 5) is 0. The Morgan fingerprint density at radius 1 is 1.40 bits per heavy atom. The van der Waals surface area contributed by atoms with Crippen molar-refractivity contribution < 1.29 is 4.74 Å². The Kier molecular flexibility index (Phi) is 5.04. The minimum atomic E-state index is 0.434. The summed E-state index contributed by atoms with van der Waals surface area (Å²) in [7, 11) is 1.83. The van der Waals surface area contributed by atoms with E-state index in [1.54, 1.807) is 4.68 Å². The minimum absolute atomic E-state index is 0.434. The van der Waals surface area contributed by atoms with Crippen LogP contribution < -0.4 is 10.1 Å². The molecule has 0 aliphatic heterocycles. The van der Waals surface area contributed by atoms with Crippen molar-refractivity contribution in [2.75, 3.05) is 6.54 Å². The highest BCUT2D eigenvalue weighted by Crippen LogP contribution is 2.21. The first-order valence-electron chi connectivity index (χ1n) is 6.72. The molecule has 1 heterocycles. The van der Waals surface area contributed by atoms with Crippen LogP contribution in [0.5, 0.6) is 5.75 Å². The molecule has 0 atom stereocenters. The van der Waals surface area contributed by atoms with Crippen LogP contribution in [0.3, 0.4) is 0 Å². The van der Waals surface area contributed by atoms with E-state index in [1.807, 2.05) is 32.2 Å². The Balaban J connectivity index is 2.03. The fourth-order valence-corrected chi connectivity index (χ4v) is 2.24. The molecule has 108 valence electrons. The second-order valence-corrected chi connectivity index (χ2v) is 5.05. The van der Waals surface area contributed by atoms with Crippen LogP contribution in [-0.2, 0) is 20.2 Å². The molecule has 0 radical (unpaired) electrons. The topological polar surface area (TPSA) is 39.1 Å². The molecule has 2 aromatic rings. The fourth-order valence-electron chi connectivity index (χ4n) is 2.01. The van der Waals surface area contributed by atoms with Gasteiger partial charge in [-0.25, -0.2) is 0 Å². The number of halogens is 1. The summed E-state index contributed by atoms with van der Waals surface area (Å²) in [5.41, 5.74) is 3.05. The molecule has 1 N–H and O–H groups in total. The Labute approximate surface area is 124 Å². The minimum Gasteiger partial charge on any atom is -0.489 e. The van der Waals surface area contributed by atoms with Gasteiger partial charge in [-0.1, -0.05) is 30.7 Å². The van der Waals surface area contributed by atoms with Crippen LogP contribution in [0, 0.1) is 6.92 Å². The first kappa shape index (κ1) is 14.9. The molecule has 1 aromatic carbocycles. The number of ether oxygens (including phenoxy) is 1. The summed E-state index contributed by atoms with van der Waals surface area (Å²) in [6.07, 6.45) is 0. The van der Waals surface area contributed by atoms with Gasteiger partial charge in [-0.05, 0) is 31.2 Å². The van der Waals surface area contributed by atoms with Gasteiger partial charge in [0.05, 0.1) is 5.69 Å². The van der Waals surface area contributed by atoms with Gasteiger partial charge in [0.1, 0.15) is 17.5 Å². The summed E-state index contributed by atoms with van der Waals surface area (Å²) < 4.78 is 7.49. The predicted octanol–water partition coefficient (Wildman–Crippen LogP) is 3.07. The zero-order valence-corrected chi connectivity index (χ0v) is 12.9. The molecule has 2 rings (SSSR count). The molecule has 0 amide bonds. The van der Waals surface area contributed by atoms with Crippen LogP contribution >= 0.6 is 11.6 Å². The Morgan fingerprint density at radius 3 is 2.85 bits per heavy atom. The molecule has 0 aliphatic rings. The van der Waals surface area contributed by atoms with Crippen LogP contribution in [0.4, 0.5) is 0 Å². The smallest absolute Gasteiger partial charge is 0.133 e. The third kappa shape index (κ3) is 3.52. The number of aromatic nitrogens is 2. The Hall–Kier alpha value is -1.52. The SMILES string of the molecule is CCNCc1cccc(OCc2c(C)nn(C)c2Cl)c1. The van der Waals surface area contributed by atoms with E-state index in [0.717, 1.165) is 30.1 Å².